The van der Waals surface area contributed by atoms with E-state index in [2.05, 4.69) is 25.8 Å². The number of carbonyl (C=O) groups excluding carboxylic acids is 1. The van der Waals surface area contributed by atoms with Gasteiger partial charge in [-0.15, -0.1) is 0 Å². The fourth-order valence-corrected chi connectivity index (χ4v) is 11.1. The van der Waals surface area contributed by atoms with Gasteiger partial charge >= 0.3 is 5.97 Å². The summed E-state index contributed by atoms with van der Waals surface area (Å²) < 4.78 is 13.1. The highest BCUT2D eigenvalue weighted by Gasteiger charge is 2.67. The van der Waals surface area contributed by atoms with Crippen molar-refractivity contribution in [3.05, 3.63) is 0 Å². The molecule has 0 spiro atoms. The van der Waals surface area contributed by atoms with E-state index in [1.807, 2.05) is 0 Å². The van der Waals surface area contributed by atoms with Crippen molar-refractivity contribution in [1.82, 2.24) is 4.90 Å². The second-order valence-electron chi connectivity index (χ2n) is 14.7. The van der Waals surface area contributed by atoms with Crippen molar-refractivity contribution in [1.29, 1.82) is 0 Å². The minimum absolute atomic E-state index is 0. The quantitative estimate of drug-likeness (QED) is 0.392. The Bertz CT molecular complexity index is 861. The molecule has 4 aliphatic carbocycles. The van der Waals surface area contributed by atoms with Crippen LogP contribution in [0.4, 0.5) is 0 Å². The van der Waals surface area contributed by atoms with Crippen LogP contribution < -0.4 is 17.0 Å². The molecule has 218 valence electrons. The molecular formula is C31H53BrN2O4. The third-order valence-corrected chi connectivity index (χ3v) is 13.1. The van der Waals surface area contributed by atoms with Crippen LogP contribution in [-0.2, 0) is 14.3 Å². The van der Waals surface area contributed by atoms with Crippen LogP contribution in [0.15, 0.2) is 0 Å². The highest BCUT2D eigenvalue weighted by atomic mass is 79.9. The third-order valence-electron chi connectivity index (χ3n) is 13.1. The molecule has 0 aromatic carbocycles. The summed E-state index contributed by atoms with van der Waals surface area (Å²) in [5.74, 6) is 2.64. The lowest BCUT2D eigenvalue weighted by atomic mass is 9.44. The van der Waals surface area contributed by atoms with Crippen LogP contribution in [0.3, 0.4) is 0 Å². The number of rotatable bonds is 3. The molecule has 6 aliphatic rings. The molecule has 1 N–H and O–H groups in total. The van der Waals surface area contributed by atoms with E-state index in [0.717, 1.165) is 55.5 Å². The number of fused-ring (bicyclic) bond motifs is 5. The number of piperidine rings is 1. The van der Waals surface area contributed by atoms with Crippen molar-refractivity contribution in [3.63, 3.8) is 0 Å². The number of aliphatic hydroxyl groups excluding tert-OH is 1. The maximum absolute atomic E-state index is 12.4. The van der Waals surface area contributed by atoms with E-state index in [-0.39, 0.29) is 46.6 Å². The van der Waals surface area contributed by atoms with Gasteiger partial charge in [0, 0.05) is 37.9 Å². The Morgan fingerprint density at radius 1 is 1.00 bits per heavy atom. The first-order chi connectivity index (χ1) is 17.7. The van der Waals surface area contributed by atoms with Crippen LogP contribution >= 0.6 is 0 Å². The van der Waals surface area contributed by atoms with Crippen molar-refractivity contribution in [2.75, 3.05) is 46.4 Å². The van der Waals surface area contributed by atoms with Gasteiger partial charge in [-0.1, -0.05) is 13.8 Å². The number of hydrogen-bond donors (Lipinski definition) is 1. The van der Waals surface area contributed by atoms with Gasteiger partial charge in [0.15, 0.2) is 6.10 Å². The number of hydrogen-bond acceptors (Lipinski definition) is 5. The summed E-state index contributed by atoms with van der Waals surface area (Å²) in [6.45, 7) is 12.7. The second-order valence-corrected chi connectivity index (χ2v) is 14.7. The Hall–Kier alpha value is -0.210. The van der Waals surface area contributed by atoms with E-state index in [4.69, 9.17) is 9.47 Å². The van der Waals surface area contributed by atoms with Crippen molar-refractivity contribution in [3.8, 4) is 0 Å². The molecule has 2 saturated heterocycles. The van der Waals surface area contributed by atoms with E-state index in [0.29, 0.717) is 23.3 Å². The first-order valence-electron chi connectivity index (χ1n) is 15.7. The Balaban J connectivity index is 0.00000294. The molecule has 0 amide bonds. The summed E-state index contributed by atoms with van der Waals surface area (Å²) >= 11 is 0. The fourth-order valence-electron chi connectivity index (χ4n) is 11.1. The molecule has 0 bridgehead atoms. The molecule has 0 radical (unpaired) electrons. The largest absolute Gasteiger partial charge is 1.00 e. The number of carbonyl (C=O) groups is 1. The SMILES string of the molecule is CC(=O)OC1C([N+]2(C)CCCCC2)C[C@H]2[C@@H]3CCC4CC(O)C(N5CCOCC5)C[C@]4(C)[C@@H]3CC[C@]12C.[Br-]. The molecule has 4 saturated carbocycles. The van der Waals surface area contributed by atoms with Crippen LogP contribution in [0.1, 0.15) is 85.0 Å². The summed E-state index contributed by atoms with van der Waals surface area (Å²) in [6.07, 6.45) is 12.1. The summed E-state index contributed by atoms with van der Waals surface area (Å²) in [5.41, 5.74) is 0.391. The van der Waals surface area contributed by atoms with E-state index in [9.17, 15) is 9.90 Å². The van der Waals surface area contributed by atoms with Crippen molar-refractivity contribution in [2.45, 2.75) is 109 Å². The zero-order chi connectivity index (χ0) is 26.0. The zero-order valence-corrected chi connectivity index (χ0v) is 26.0. The summed E-state index contributed by atoms with van der Waals surface area (Å²) in [5, 5.41) is 11.3. The molecule has 0 aromatic heterocycles. The summed E-state index contributed by atoms with van der Waals surface area (Å²) in [7, 11) is 2.46. The number of halogens is 1. The molecule has 38 heavy (non-hydrogen) atoms. The molecule has 7 heteroatoms. The highest BCUT2D eigenvalue weighted by Crippen LogP contribution is 2.67. The van der Waals surface area contributed by atoms with Gasteiger partial charge in [-0.25, -0.2) is 0 Å². The fraction of sp³-hybridized carbons (Fsp3) is 0.968. The van der Waals surface area contributed by atoms with Crippen LogP contribution in [0.5, 0.6) is 0 Å². The van der Waals surface area contributed by atoms with Gasteiger partial charge in [0.25, 0.3) is 0 Å². The normalized spacial score (nSPS) is 48.7. The predicted octanol–water partition coefficient (Wildman–Crippen LogP) is 1.25. The standard InChI is InChI=1S/C31H53N2O4.BrH/c1-21(34)37-29-27(33(4)14-6-5-7-15-33)19-25-23-9-8-22-18-28(35)26(32-12-16-36-17-13-32)20-31(22,3)24(23)10-11-30(25,29)2;/h22-29,35H,5-20H2,1-4H3;1H/q+1;/p-1/t22?,23-,24-,25+,26?,27?,28?,29?,30+,31+;/m1./s1. The minimum Gasteiger partial charge on any atom is -1.00 e. The number of likely N-dealkylation sites (N-methyl/N-ethyl adjacent to an activating group) is 1. The van der Waals surface area contributed by atoms with Crippen LogP contribution in [-0.4, -0.2) is 91.2 Å². The van der Waals surface area contributed by atoms with Crippen molar-refractivity contribution >= 4 is 5.97 Å². The van der Waals surface area contributed by atoms with Gasteiger partial charge in [-0.3, -0.25) is 9.69 Å². The number of quaternary nitrogens is 1. The van der Waals surface area contributed by atoms with Gasteiger partial charge in [0.1, 0.15) is 6.04 Å². The van der Waals surface area contributed by atoms with Crippen molar-refractivity contribution in [2.24, 2.45) is 34.5 Å². The van der Waals surface area contributed by atoms with E-state index < -0.39 is 0 Å². The molecule has 6 rings (SSSR count). The third kappa shape index (κ3) is 4.72. The smallest absolute Gasteiger partial charge is 0.303 e. The number of likely N-dealkylation sites (tertiary alicyclic amines) is 1. The first-order valence-corrected chi connectivity index (χ1v) is 15.7. The Morgan fingerprint density at radius 3 is 2.39 bits per heavy atom. The molecular weight excluding hydrogens is 544 g/mol. The summed E-state index contributed by atoms with van der Waals surface area (Å²) in [6, 6.07) is 0.720. The molecule has 6 nitrogen and oxygen atoms in total. The maximum Gasteiger partial charge on any atom is 0.303 e. The van der Waals surface area contributed by atoms with Crippen LogP contribution in [0.25, 0.3) is 0 Å². The summed E-state index contributed by atoms with van der Waals surface area (Å²) in [4.78, 5) is 15.0. The second kappa shape index (κ2) is 10.9. The average Bonchev–Trinajstić information content (AvgIpc) is 3.17. The van der Waals surface area contributed by atoms with Gasteiger partial charge in [-0.05, 0) is 86.9 Å². The number of morpholine rings is 1. The Labute approximate surface area is 241 Å². The van der Waals surface area contributed by atoms with Crippen LogP contribution in [0.2, 0.25) is 0 Å². The molecule has 6 fully saturated rings. The Kier molecular flexibility index (Phi) is 8.39. The van der Waals surface area contributed by atoms with Crippen molar-refractivity contribution < 1.29 is 40.8 Å². The van der Waals surface area contributed by atoms with E-state index in [1.165, 1.54) is 64.5 Å². The van der Waals surface area contributed by atoms with Gasteiger partial charge < -0.3 is 36.0 Å². The van der Waals surface area contributed by atoms with Crippen LogP contribution in [0, 0.1) is 34.5 Å². The lowest BCUT2D eigenvalue weighted by Gasteiger charge is -2.62. The minimum atomic E-state index is -0.200. The first kappa shape index (κ1) is 29.3. The topological polar surface area (TPSA) is 59.0 Å². The van der Waals surface area contributed by atoms with E-state index >= 15 is 0 Å². The predicted molar refractivity (Wildman–Crippen MR) is 144 cm³/mol. The molecule has 2 heterocycles. The van der Waals surface area contributed by atoms with Gasteiger partial charge in [-0.2, -0.15) is 0 Å². The number of nitrogens with zero attached hydrogens (tertiary/aromatic N) is 2. The molecule has 0 aromatic rings. The number of aliphatic hydroxyl groups is 1. The average molecular weight is 598 g/mol. The molecule has 10 atom stereocenters. The molecule has 2 aliphatic heterocycles. The highest BCUT2D eigenvalue weighted by molar-refractivity contribution is 5.66. The lowest BCUT2D eigenvalue weighted by Crippen LogP contribution is -3.00. The maximum atomic E-state index is 12.4. The monoisotopic (exact) mass is 596 g/mol. The Morgan fingerprint density at radius 2 is 1.71 bits per heavy atom. The lowest BCUT2D eigenvalue weighted by molar-refractivity contribution is -0.940. The zero-order valence-electron chi connectivity index (χ0n) is 24.4. The number of ether oxygens (including phenoxy) is 2. The van der Waals surface area contributed by atoms with Gasteiger partial charge in [0.05, 0.1) is 39.5 Å². The van der Waals surface area contributed by atoms with Gasteiger partial charge in [0.2, 0.25) is 0 Å². The number of esters is 1. The molecule has 5 unspecified atom stereocenters. The van der Waals surface area contributed by atoms with E-state index in [1.54, 1.807) is 6.92 Å².